The number of hydrogen-bond acceptors (Lipinski definition) is 6. The summed E-state index contributed by atoms with van der Waals surface area (Å²) < 4.78 is 10.6. The molecular formula is C22H21N3O3S. The summed E-state index contributed by atoms with van der Waals surface area (Å²) in [5.74, 6) is 1.23. The van der Waals surface area contributed by atoms with E-state index >= 15 is 0 Å². The molecule has 7 heteroatoms. The van der Waals surface area contributed by atoms with Crippen LogP contribution < -0.4 is 14.8 Å². The van der Waals surface area contributed by atoms with Gasteiger partial charge in [-0.25, -0.2) is 4.98 Å². The number of amides is 1. The second-order valence-electron chi connectivity index (χ2n) is 6.23. The third kappa shape index (κ3) is 5.18. The summed E-state index contributed by atoms with van der Waals surface area (Å²) in [5, 5.41) is 13.7. The number of carbonyl (C=O) groups excluding carboxylic acids is 1. The Morgan fingerprint density at radius 2 is 1.86 bits per heavy atom. The first-order valence-electron chi connectivity index (χ1n) is 9.05. The molecule has 0 saturated heterocycles. The summed E-state index contributed by atoms with van der Waals surface area (Å²) >= 11 is 1.25. The van der Waals surface area contributed by atoms with Crippen molar-refractivity contribution < 1.29 is 14.3 Å². The highest BCUT2D eigenvalue weighted by molar-refractivity contribution is 8.00. The lowest BCUT2D eigenvalue weighted by Crippen LogP contribution is -2.27. The quantitative estimate of drug-likeness (QED) is 0.575. The lowest BCUT2D eigenvalue weighted by Gasteiger charge is -2.11. The van der Waals surface area contributed by atoms with Crippen LogP contribution in [-0.4, -0.2) is 37.4 Å². The lowest BCUT2D eigenvalue weighted by atomic mass is 10.1. The number of nitrogens with one attached hydrogen (secondary N) is 1. The maximum atomic E-state index is 12.2. The molecule has 29 heavy (non-hydrogen) atoms. The van der Waals surface area contributed by atoms with Crippen molar-refractivity contribution in [3.63, 3.8) is 0 Å². The smallest absolute Gasteiger partial charge is 0.230 e. The van der Waals surface area contributed by atoms with Crippen LogP contribution in [0.5, 0.6) is 11.5 Å². The largest absolute Gasteiger partial charge is 0.493 e. The maximum absolute atomic E-state index is 12.2. The Bertz CT molecular complexity index is 1050. The fourth-order valence-corrected chi connectivity index (χ4v) is 3.64. The van der Waals surface area contributed by atoms with Crippen LogP contribution in [-0.2, 0) is 11.2 Å². The predicted molar refractivity (Wildman–Crippen MR) is 113 cm³/mol. The van der Waals surface area contributed by atoms with E-state index in [2.05, 4.69) is 16.4 Å². The monoisotopic (exact) mass is 407 g/mol. The zero-order valence-electron chi connectivity index (χ0n) is 16.3. The summed E-state index contributed by atoms with van der Waals surface area (Å²) in [6, 6.07) is 17.4. The highest BCUT2D eigenvalue weighted by atomic mass is 32.2. The molecule has 0 aliphatic rings. The molecule has 1 aromatic heterocycles. The van der Waals surface area contributed by atoms with Crippen molar-refractivity contribution in [1.82, 2.24) is 10.3 Å². The minimum atomic E-state index is -0.0935. The first kappa shape index (κ1) is 20.5. The minimum Gasteiger partial charge on any atom is -0.493 e. The van der Waals surface area contributed by atoms with E-state index in [0.29, 0.717) is 34.1 Å². The Kier molecular flexibility index (Phi) is 6.93. The van der Waals surface area contributed by atoms with Crippen molar-refractivity contribution in [3.8, 4) is 17.6 Å². The number of nitriles is 1. The van der Waals surface area contributed by atoms with Crippen LogP contribution >= 0.6 is 11.8 Å². The van der Waals surface area contributed by atoms with Gasteiger partial charge in [-0.2, -0.15) is 5.26 Å². The van der Waals surface area contributed by atoms with Gasteiger partial charge >= 0.3 is 0 Å². The molecule has 0 atom stereocenters. The number of aromatic nitrogens is 1. The van der Waals surface area contributed by atoms with E-state index in [4.69, 9.17) is 9.47 Å². The van der Waals surface area contributed by atoms with Gasteiger partial charge < -0.3 is 14.8 Å². The number of hydrogen-bond donors (Lipinski definition) is 1. The number of methoxy groups -OCH3 is 2. The zero-order valence-corrected chi connectivity index (χ0v) is 17.1. The number of thioether (sulfide) groups is 1. The highest BCUT2D eigenvalue weighted by Crippen LogP contribution is 2.33. The lowest BCUT2D eigenvalue weighted by molar-refractivity contribution is -0.118. The van der Waals surface area contributed by atoms with E-state index < -0.39 is 0 Å². The Morgan fingerprint density at radius 3 is 2.55 bits per heavy atom. The maximum Gasteiger partial charge on any atom is 0.230 e. The number of rotatable bonds is 8. The highest BCUT2D eigenvalue weighted by Gasteiger charge is 2.13. The van der Waals surface area contributed by atoms with Crippen LogP contribution in [0.1, 0.15) is 11.1 Å². The van der Waals surface area contributed by atoms with E-state index in [9.17, 15) is 10.1 Å². The molecule has 0 radical (unpaired) electrons. The number of pyridine rings is 1. The molecule has 1 amide bonds. The molecule has 0 spiro atoms. The van der Waals surface area contributed by atoms with E-state index in [0.717, 1.165) is 11.8 Å². The van der Waals surface area contributed by atoms with Gasteiger partial charge in [-0.15, -0.1) is 0 Å². The van der Waals surface area contributed by atoms with Crippen molar-refractivity contribution in [2.45, 2.75) is 11.4 Å². The third-order valence-electron chi connectivity index (χ3n) is 4.32. The van der Waals surface area contributed by atoms with Crippen molar-refractivity contribution in [2.75, 3.05) is 26.5 Å². The zero-order chi connectivity index (χ0) is 20.6. The molecular weight excluding hydrogens is 386 g/mol. The molecule has 2 aromatic carbocycles. The van der Waals surface area contributed by atoms with Gasteiger partial charge in [0.15, 0.2) is 11.5 Å². The molecule has 1 N–H and O–H groups in total. The number of nitrogens with zero attached hydrogens (tertiary/aromatic N) is 2. The SMILES string of the molecule is COc1cc2cc(C#N)c(SCC(=O)NCCc3ccccc3)nc2cc1OC. The fourth-order valence-electron chi connectivity index (χ4n) is 2.85. The number of fused-ring (bicyclic) bond motifs is 1. The van der Waals surface area contributed by atoms with Crippen molar-refractivity contribution in [2.24, 2.45) is 0 Å². The average molecular weight is 407 g/mol. The Balaban J connectivity index is 1.67. The van der Waals surface area contributed by atoms with Crippen LogP contribution in [0, 0.1) is 11.3 Å². The predicted octanol–water partition coefficient (Wildman–Crippen LogP) is 3.57. The van der Waals surface area contributed by atoms with Crippen molar-refractivity contribution in [3.05, 3.63) is 59.7 Å². The number of benzene rings is 2. The molecule has 0 bridgehead atoms. The Labute approximate surface area is 173 Å². The number of carbonyl (C=O) groups is 1. The van der Waals surface area contributed by atoms with Crippen LogP contribution in [0.25, 0.3) is 10.9 Å². The third-order valence-corrected chi connectivity index (χ3v) is 5.32. The second-order valence-corrected chi connectivity index (χ2v) is 7.19. The van der Waals surface area contributed by atoms with E-state index in [1.807, 2.05) is 30.3 Å². The fraction of sp³-hybridized carbons (Fsp3) is 0.227. The molecule has 0 aliphatic heterocycles. The molecule has 0 fully saturated rings. The van der Waals surface area contributed by atoms with Gasteiger partial charge in [0, 0.05) is 18.0 Å². The van der Waals surface area contributed by atoms with Gasteiger partial charge in [0.1, 0.15) is 11.1 Å². The van der Waals surface area contributed by atoms with Crippen LogP contribution in [0.15, 0.2) is 53.6 Å². The topological polar surface area (TPSA) is 84.2 Å². The van der Waals surface area contributed by atoms with Gasteiger partial charge in [0.05, 0.1) is 31.1 Å². The van der Waals surface area contributed by atoms with Crippen LogP contribution in [0.4, 0.5) is 0 Å². The second kappa shape index (κ2) is 9.80. The van der Waals surface area contributed by atoms with Crippen LogP contribution in [0.2, 0.25) is 0 Å². The summed E-state index contributed by atoms with van der Waals surface area (Å²) in [7, 11) is 3.12. The van der Waals surface area contributed by atoms with E-state index in [1.165, 1.54) is 17.3 Å². The Hall–Kier alpha value is -3.24. The number of ether oxygens (including phenoxy) is 2. The normalized spacial score (nSPS) is 10.4. The van der Waals surface area contributed by atoms with Gasteiger partial charge in [-0.05, 0) is 24.1 Å². The Morgan fingerprint density at radius 1 is 1.14 bits per heavy atom. The average Bonchev–Trinajstić information content (AvgIpc) is 2.76. The molecule has 0 unspecified atom stereocenters. The molecule has 3 rings (SSSR count). The first-order valence-corrected chi connectivity index (χ1v) is 10.0. The standard InChI is InChI=1S/C22H21N3O3S/c1-27-19-11-16-10-17(13-23)22(25-18(16)12-20(19)28-2)29-14-21(26)24-9-8-15-6-4-3-5-7-15/h3-7,10-12H,8-9,14H2,1-2H3,(H,24,26). The van der Waals surface area contributed by atoms with E-state index in [-0.39, 0.29) is 11.7 Å². The van der Waals surface area contributed by atoms with Gasteiger partial charge in [0.25, 0.3) is 0 Å². The summed E-state index contributed by atoms with van der Waals surface area (Å²) in [4.78, 5) is 16.7. The molecule has 3 aromatic rings. The van der Waals surface area contributed by atoms with Crippen molar-refractivity contribution in [1.29, 1.82) is 5.26 Å². The summed E-state index contributed by atoms with van der Waals surface area (Å²) in [6.07, 6.45) is 0.774. The van der Waals surface area contributed by atoms with E-state index in [1.54, 1.807) is 32.4 Å². The van der Waals surface area contributed by atoms with Gasteiger partial charge in [0.2, 0.25) is 5.91 Å². The van der Waals surface area contributed by atoms with Gasteiger partial charge in [-0.1, -0.05) is 42.1 Å². The van der Waals surface area contributed by atoms with Gasteiger partial charge in [-0.3, -0.25) is 4.79 Å². The minimum absolute atomic E-state index is 0.0935. The molecule has 1 heterocycles. The molecule has 0 aliphatic carbocycles. The summed E-state index contributed by atoms with van der Waals surface area (Å²) in [5.41, 5.74) is 2.27. The first-order chi connectivity index (χ1) is 14.1. The summed E-state index contributed by atoms with van der Waals surface area (Å²) in [6.45, 7) is 0.566. The van der Waals surface area contributed by atoms with Crippen molar-refractivity contribution >= 4 is 28.6 Å². The van der Waals surface area contributed by atoms with Crippen LogP contribution in [0.3, 0.4) is 0 Å². The molecule has 148 valence electrons. The molecule has 0 saturated carbocycles. The molecule has 6 nitrogen and oxygen atoms in total.